The molecule has 2 aromatic carbocycles. The van der Waals surface area contributed by atoms with Crippen LogP contribution in [0.4, 0.5) is 11.4 Å². The van der Waals surface area contributed by atoms with Gasteiger partial charge in [0.25, 0.3) is 5.91 Å². The minimum absolute atomic E-state index is 0.0183. The first-order valence-corrected chi connectivity index (χ1v) is 7.32. The number of benzene rings is 2. The Kier molecular flexibility index (Phi) is 2.96. The lowest BCUT2D eigenvalue weighted by Crippen LogP contribution is -2.16. The minimum atomic E-state index is -0.715. The number of carbonyl (C=O) groups is 2. The van der Waals surface area contributed by atoms with E-state index in [2.05, 4.69) is 15.5 Å². The van der Waals surface area contributed by atoms with Gasteiger partial charge in [0.15, 0.2) is 5.69 Å². The van der Waals surface area contributed by atoms with Crippen molar-refractivity contribution in [2.24, 2.45) is 5.73 Å². The van der Waals surface area contributed by atoms with Crippen molar-refractivity contribution >= 4 is 34.1 Å². The van der Waals surface area contributed by atoms with Crippen molar-refractivity contribution in [2.45, 2.75) is 6.42 Å². The minimum Gasteiger partial charge on any atom is -0.396 e. The summed E-state index contributed by atoms with van der Waals surface area (Å²) >= 11 is 0. The monoisotopic (exact) mass is 319 g/mol. The summed E-state index contributed by atoms with van der Waals surface area (Å²) in [6.45, 7) is 0. The van der Waals surface area contributed by atoms with Crippen molar-refractivity contribution in [3.05, 3.63) is 47.7 Å². The molecular formula is C17H13N5O2. The third-order valence-electron chi connectivity index (χ3n) is 4.11. The largest absolute Gasteiger partial charge is 0.396 e. The highest BCUT2D eigenvalue weighted by Crippen LogP contribution is 2.34. The Morgan fingerprint density at radius 1 is 1.17 bits per heavy atom. The third kappa shape index (κ3) is 2.06. The number of carbonyl (C=O) groups excluding carboxylic acids is 2. The number of hydrogen-bond donors (Lipinski definition) is 3. The van der Waals surface area contributed by atoms with Gasteiger partial charge in [0.1, 0.15) is 5.52 Å². The highest BCUT2D eigenvalue weighted by molar-refractivity contribution is 6.07. The van der Waals surface area contributed by atoms with Crippen molar-refractivity contribution in [3.8, 4) is 11.1 Å². The lowest BCUT2D eigenvalue weighted by molar-refractivity contribution is -0.115. The van der Waals surface area contributed by atoms with Gasteiger partial charge in [-0.3, -0.25) is 9.59 Å². The lowest BCUT2D eigenvalue weighted by atomic mass is 9.99. The first-order chi connectivity index (χ1) is 11.5. The molecule has 3 aromatic rings. The fourth-order valence-corrected chi connectivity index (χ4v) is 2.95. The SMILES string of the molecule is NC(=O)c1nnc2c(-c3ccc4c(c3)NC(=O)C4)cccc2c1N. The standard InChI is InChI=1S/C17H13N5O2/c18-14-11-3-1-2-10(15(11)21-22-16(14)17(19)24)8-4-5-9-7-13(23)20-12(9)6-8/h1-6H,7H2,(H2,18,21)(H2,19,24)(H,20,23). The Bertz CT molecular complexity index is 1030. The normalized spacial score (nSPS) is 12.9. The Morgan fingerprint density at radius 3 is 2.79 bits per heavy atom. The Hall–Kier alpha value is -3.48. The summed E-state index contributed by atoms with van der Waals surface area (Å²) in [7, 11) is 0. The summed E-state index contributed by atoms with van der Waals surface area (Å²) in [5.74, 6) is -0.734. The van der Waals surface area contributed by atoms with E-state index in [4.69, 9.17) is 11.5 Å². The molecule has 0 bridgehead atoms. The van der Waals surface area contributed by atoms with Crippen molar-refractivity contribution in [2.75, 3.05) is 11.1 Å². The van der Waals surface area contributed by atoms with Gasteiger partial charge in [-0.1, -0.05) is 30.3 Å². The molecule has 1 aliphatic heterocycles. The molecule has 0 radical (unpaired) electrons. The number of aromatic nitrogens is 2. The van der Waals surface area contributed by atoms with Crippen LogP contribution in [0.3, 0.4) is 0 Å². The molecule has 0 fully saturated rings. The fourth-order valence-electron chi connectivity index (χ4n) is 2.95. The summed E-state index contributed by atoms with van der Waals surface area (Å²) in [6.07, 6.45) is 0.389. The summed E-state index contributed by atoms with van der Waals surface area (Å²) in [5, 5.41) is 11.4. The number of anilines is 2. The molecule has 2 amide bonds. The van der Waals surface area contributed by atoms with Crippen LogP contribution in [0.2, 0.25) is 0 Å². The number of nitrogens with two attached hydrogens (primary N) is 2. The van der Waals surface area contributed by atoms with E-state index in [0.717, 1.165) is 22.4 Å². The Balaban J connectivity index is 1.92. The molecule has 0 atom stereocenters. The average molecular weight is 319 g/mol. The van der Waals surface area contributed by atoms with E-state index >= 15 is 0 Å². The molecule has 0 saturated heterocycles. The molecule has 1 aromatic heterocycles. The van der Waals surface area contributed by atoms with Crippen LogP contribution >= 0.6 is 0 Å². The van der Waals surface area contributed by atoms with Gasteiger partial charge in [0, 0.05) is 16.6 Å². The molecule has 5 N–H and O–H groups in total. The Labute approximate surface area is 136 Å². The van der Waals surface area contributed by atoms with E-state index in [1.165, 1.54) is 0 Å². The second kappa shape index (κ2) is 5.02. The highest BCUT2D eigenvalue weighted by atomic mass is 16.2. The number of amides is 2. The molecule has 0 unspecified atom stereocenters. The van der Waals surface area contributed by atoms with Gasteiger partial charge in [-0.25, -0.2) is 0 Å². The number of nitrogens with one attached hydrogen (secondary N) is 1. The van der Waals surface area contributed by atoms with Gasteiger partial charge in [-0.05, 0) is 17.2 Å². The van der Waals surface area contributed by atoms with Crippen molar-refractivity contribution in [1.29, 1.82) is 0 Å². The maximum atomic E-state index is 11.5. The molecule has 7 nitrogen and oxygen atoms in total. The van der Waals surface area contributed by atoms with E-state index < -0.39 is 5.91 Å². The topological polar surface area (TPSA) is 124 Å². The molecule has 2 heterocycles. The number of primary amides is 1. The zero-order chi connectivity index (χ0) is 16.8. The highest BCUT2D eigenvalue weighted by Gasteiger charge is 2.19. The van der Waals surface area contributed by atoms with Crippen molar-refractivity contribution < 1.29 is 9.59 Å². The second-order valence-corrected chi connectivity index (χ2v) is 5.63. The van der Waals surface area contributed by atoms with Gasteiger partial charge in [-0.2, -0.15) is 0 Å². The van der Waals surface area contributed by atoms with Crippen LogP contribution in [-0.2, 0) is 11.2 Å². The summed E-state index contributed by atoms with van der Waals surface area (Å²) in [4.78, 5) is 22.9. The summed E-state index contributed by atoms with van der Waals surface area (Å²) in [5.41, 5.74) is 15.5. The Morgan fingerprint density at radius 2 is 2.00 bits per heavy atom. The molecule has 0 spiro atoms. The first kappa shape index (κ1) is 14.1. The van der Waals surface area contributed by atoms with Crippen LogP contribution in [0.15, 0.2) is 36.4 Å². The molecular weight excluding hydrogens is 306 g/mol. The maximum absolute atomic E-state index is 11.5. The van der Waals surface area contributed by atoms with Crippen LogP contribution in [0.25, 0.3) is 22.0 Å². The maximum Gasteiger partial charge on any atom is 0.271 e. The number of rotatable bonds is 2. The summed E-state index contributed by atoms with van der Waals surface area (Å²) in [6, 6.07) is 11.2. The van der Waals surface area contributed by atoms with Gasteiger partial charge < -0.3 is 16.8 Å². The number of hydrogen-bond acceptors (Lipinski definition) is 5. The second-order valence-electron chi connectivity index (χ2n) is 5.63. The van der Waals surface area contributed by atoms with E-state index in [1.807, 2.05) is 30.3 Å². The molecule has 118 valence electrons. The van der Waals surface area contributed by atoms with Crippen LogP contribution in [-0.4, -0.2) is 22.0 Å². The number of fused-ring (bicyclic) bond motifs is 2. The average Bonchev–Trinajstić information content (AvgIpc) is 2.93. The van der Waals surface area contributed by atoms with Gasteiger partial charge >= 0.3 is 0 Å². The van der Waals surface area contributed by atoms with Crippen molar-refractivity contribution in [3.63, 3.8) is 0 Å². The molecule has 1 aliphatic rings. The van der Waals surface area contributed by atoms with E-state index in [1.54, 1.807) is 6.07 Å². The fraction of sp³-hybridized carbons (Fsp3) is 0.0588. The lowest BCUT2D eigenvalue weighted by Gasteiger charge is -2.10. The van der Waals surface area contributed by atoms with Gasteiger partial charge in [-0.15, -0.1) is 10.2 Å². The van der Waals surface area contributed by atoms with Crippen LogP contribution in [0.1, 0.15) is 16.1 Å². The van der Waals surface area contributed by atoms with E-state index in [0.29, 0.717) is 17.3 Å². The molecule has 4 rings (SSSR count). The van der Waals surface area contributed by atoms with Crippen molar-refractivity contribution in [1.82, 2.24) is 10.2 Å². The van der Waals surface area contributed by atoms with Crippen LogP contribution < -0.4 is 16.8 Å². The molecule has 0 aliphatic carbocycles. The first-order valence-electron chi connectivity index (χ1n) is 7.32. The van der Waals surface area contributed by atoms with E-state index in [-0.39, 0.29) is 17.3 Å². The molecule has 0 saturated carbocycles. The quantitative estimate of drug-likeness (QED) is 0.660. The number of nitrogens with zero attached hydrogens (tertiary/aromatic N) is 2. The third-order valence-corrected chi connectivity index (χ3v) is 4.11. The summed E-state index contributed by atoms with van der Waals surface area (Å²) < 4.78 is 0. The smallest absolute Gasteiger partial charge is 0.271 e. The zero-order valence-corrected chi connectivity index (χ0v) is 12.5. The van der Waals surface area contributed by atoms with E-state index in [9.17, 15) is 9.59 Å². The van der Waals surface area contributed by atoms with Gasteiger partial charge in [0.05, 0.1) is 12.1 Å². The number of nitrogen functional groups attached to an aromatic ring is 1. The molecule has 24 heavy (non-hydrogen) atoms. The molecule has 7 heteroatoms. The van der Waals surface area contributed by atoms with Crippen LogP contribution in [0, 0.1) is 0 Å². The van der Waals surface area contributed by atoms with Gasteiger partial charge in [0.2, 0.25) is 5.91 Å². The zero-order valence-electron chi connectivity index (χ0n) is 12.5. The predicted molar refractivity (Wildman–Crippen MR) is 90.2 cm³/mol. The van der Waals surface area contributed by atoms with Crippen LogP contribution in [0.5, 0.6) is 0 Å². The predicted octanol–water partition coefficient (Wildman–Crippen LogP) is 1.47.